The fraction of sp³-hybridized carbons (Fsp3) is 0.625. The van der Waals surface area contributed by atoms with E-state index in [-0.39, 0.29) is 0 Å². The minimum absolute atomic E-state index is 0.460. The average Bonchev–Trinajstić information content (AvgIpc) is 2.48. The summed E-state index contributed by atoms with van der Waals surface area (Å²) in [6.45, 7) is 3.85. The van der Waals surface area contributed by atoms with Gasteiger partial charge in [0.2, 0.25) is 0 Å². The second kappa shape index (κ2) is 7.83. The van der Waals surface area contributed by atoms with Crippen LogP contribution in [0.2, 0.25) is 0 Å². The third-order valence-corrected chi connectivity index (χ3v) is 4.50. The second-order valence-electron chi connectivity index (χ2n) is 6.10. The van der Waals surface area contributed by atoms with Crippen molar-refractivity contribution in [1.29, 1.82) is 0 Å². The molecular formula is C16H26BNO3. The number of hydrogen-bond acceptors (Lipinski definition) is 4. The van der Waals surface area contributed by atoms with Gasteiger partial charge >= 0.3 is 7.12 Å². The van der Waals surface area contributed by atoms with Crippen molar-refractivity contribution in [2.75, 3.05) is 20.2 Å². The summed E-state index contributed by atoms with van der Waals surface area (Å²) in [7, 11) is 0.725. The molecule has 2 atom stereocenters. The molecule has 21 heavy (non-hydrogen) atoms. The van der Waals surface area contributed by atoms with E-state index in [1.54, 1.807) is 18.2 Å². The molecule has 0 saturated heterocycles. The van der Waals surface area contributed by atoms with Gasteiger partial charge in [-0.25, -0.2) is 0 Å². The number of nitrogens with zero attached hydrogens (tertiary/aromatic N) is 1. The monoisotopic (exact) mass is 291 g/mol. The molecule has 0 heterocycles. The molecule has 1 aromatic rings. The summed E-state index contributed by atoms with van der Waals surface area (Å²) >= 11 is 0. The fourth-order valence-corrected chi connectivity index (χ4v) is 3.19. The Kier molecular flexibility index (Phi) is 6.09. The molecule has 1 fully saturated rings. The standard InChI is InChI=1S/C16H26BNO3/c1-13-6-3-4-9-16(13)18(2)10-11-21-15-8-5-7-14(12-15)17(19)20/h5,7-8,12-13,16,19-20H,3-4,6,9-11H2,1-2H3. The van der Waals surface area contributed by atoms with E-state index >= 15 is 0 Å². The van der Waals surface area contributed by atoms with Crippen molar-refractivity contribution in [2.45, 2.75) is 38.6 Å². The number of hydrogen-bond donors (Lipinski definition) is 2. The van der Waals surface area contributed by atoms with E-state index < -0.39 is 7.12 Å². The number of likely N-dealkylation sites (N-methyl/N-ethyl adjacent to an activating group) is 1. The lowest BCUT2D eigenvalue weighted by Gasteiger charge is -2.36. The topological polar surface area (TPSA) is 52.9 Å². The van der Waals surface area contributed by atoms with E-state index in [4.69, 9.17) is 14.8 Å². The summed E-state index contributed by atoms with van der Waals surface area (Å²) in [6, 6.07) is 7.63. The Morgan fingerprint density at radius 3 is 2.76 bits per heavy atom. The Morgan fingerprint density at radius 2 is 2.05 bits per heavy atom. The van der Waals surface area contributed by atoms with E-state index in [0.717, 1.165) is 12.5 Å². The van der Waals surface area contributed by atoms with Gasteiger partial charge in [-0.1, -0.05) is 31.9 Å². The van der Waals surface area contributed by atoms with Crippen LogP contribution in [0.1, 0.15) is 32.6 Å². The number of rotatable bonds is 6. The first-order valence-electron chi connectivity index (χ1n) is 7.87. The van der Waals surface area contributed by atoms with Crippen LogP contribution in [-0.2, 0) is 0 Å². The van der Waals surface area contributed by atoms with Crippen molar-refractivity contribution in [3.05, 3.63) is 24.3 Å². The van der Waals surface area contributed by atoms with Crippen LogP contribution in [0, 0.1) is 5.92 Å². The van der Waals surface area contributed by atoms with Gasteiger partial charge in [-0.15, -0.1) is 0 Å². The van der Waals surface area contributed by atoms with Crippen LogP contribution in [0.3, 0.4) is 0 Å². The van der Waals surface area contributed by atoms with Gasteiger partial charge in [-0.2, -0.15) is 0 Å². The van der Waals surface area contributed by atoms with Crippen molar-refractivity contribution >= 4 is 12.6 Å². The minimum atomic E-state index is -1.45. The normalized spacial score (nSPS) is 22.3. The van der Waals surface area contributed by atoms with Crippen LogP contribution in [0.15, 0.2) is 24.3 Å². The molecule has 2 unspecified atom stereocenters. The Balaban J connectivity index is 1.79. The molecule has 116 valence electrons. The van der Waals surface area contributed by atoms with Crippen LogP contribution in [0.25, 0.3) is 0 Å². The smallest absolute Gasteiger partial charge is 0.488 e. The number of benzene rings is 1. The molecule has 1 aliphatic rings. The molecule has 2 rings (SSSR count). The molecular weight excluding hydrogens is 265 g/mol. The van der Waals surface area contributed by atoms with Crippen molar-refractivity contribution < 1.29 is 14.8 Å². The third-order valence-electron chi connectivity index (χ3n) is 4.50. The lowest BCUT2D eigenvalue weighted by Crippen LogP contribution is -2.40. The molecule has 0 amide bonds. The van der Waals surface area contributed by atoms with E-state index in [1.807, 2.05) is 6.07 Å². The maximum Gasteiger partial charge on any atom is 0.488 e. The molecule has 1 saturated carbocycles. The van der Waals surface area contributed by atoms with Gasteiger partial charge in [0.25, 0.3) is 0 Å². The minimum Gasteiger partial charge on any atom is -0.492 e. The van der Waals surface area contributed by atoms with Gasteiger partial charge in [0.05, 0.1) is 0 Å². The Labute approximate surface area is 127 Å². The molecule has 0 aromatic heterocycles. The first-order chi connectivity index (χ1) is 10.1. The first kappa shape index (κ1) is 16.3. The summed E-state index contributed by atoms with van der Waals surface area (Å²) in [4.78, 5) is 2.40. The third kappa shape index (κ3) is 4.73. The molecule has 0 spiro atoms. The highest BCUT2D eigenvalue weighted by Gasteiger charge is 2.24. The highest BCUT2D eigenvalue weighted by molar-refractivity contribution is 6.58. The quantitative estimate of drug-likeness (QED) is 0.775. The zero-order valence-electron chi connectivity index (χ0n) is 13.0. The zero-order chi connectivity index (χ0) is 15.2. The van der Waals surface area contributed by atoms with Gasteiger partial charge in [0, 0.05) is 12.6 Å². The largest absolute Gasteiger partial charge is 0.492 e. The summed E-state index contributed by atoms with van der Waals surface area (Å²) < 4.78 is 5.73. The van der Waals surface area contributed by atoms with Crippen LogP contribution in [0.4, 0.5) is 0 Å². The molecule has 1 aromatic carbocycles. The predicted molar refractivity (Wildman–Crippen MR) is 85.8 cm³/mol. The summed E-state index contributed by atoms with van der Waals surface area (Å²) in [5.41, 5.74) is 0.460. The van der Waals surface area contributed by atoms with Gasteiger partial charge in [0.1, 0.15) is 12.4 Å². The van der Waals surface area contributed by atoms with Crippen LogP contribution < -0.4 is 10.2 Å². The zero-order valence-corrected chi connectivity index (χ0v) is 13.0. The van der Waals surface area contributed by atoms with E-state index in [9.17, 15) is 0 Å². The first-order valence-corrected chi connectivity index (χ1v) is 7.87. The van der Waals surface area contributed by atoms with Gasteiger partial charge < -0.3 is 14.8 Å². The van der Waals surface area contributed by atoms with E-state index in [2.05, 4.69) is 18.9 Å². The Bertz CT molecular complexity index is 441. The summed E-state index contributed by atoms with van der Waals surface area (Å²) in [6.07, 6.45) is 5.30. The molecule has 0 bridgehead atoms. The average molecular weight is 291 g/mol. The highest BCUT2D eigenvalue weighted by Crippen LogP contribution is 2.27. The Hall–Kier alpha value is -1.04. The second-order valence-corrected chi connectivity index (χ2v) is 6.10. The van der Waals surface area contributed by atoms with Gasteiger partial charge in [-0.05, 0) is 43.4 Å². The highest BCUT2D eigenvalue weighted by atomic mass is 16.5. The maximum absolute atomic E-state index is 9.15. The number of ether oxygens (including phenoxy) is 1. The van der Waals surface area contributed by atoms with Gasteiger partial charge in [0.15, 0.2) is 0 Å². The van der Waals surface area contributed by atoms with E-state index in [1.165, 1.54) is 25.7 Å². The van der Waals surface area contributed by atoms with Crippen molar-refractivity contribution in [1.82, 2.24) is 4.90 Å². The Morgan fingerprint density at radius 1 is 1.29 bits per heavy atom. The van der Waals surface area contributed by atoms with Crippen LogP contribution >= 0.6 is 0 Å². The maximum atomic E-state index is 9.15. The molecule has 0 aliphatic heterocycles. The van der Waals surface area contributed by atoms with E-state index in [0.29, 0.717) is 23.9 Å². The SMILES string of the molecule is CC1CCCCC1N(C)CCOc1cccc(B(O)O)c1. The molecule has 0 radical (unpaired) electrons. The lowest BCUT2D eigenvalue weighted by molar-refractivity contribution is 0.120. The molecule has 4 nitrogen and oxygen atoms in total. The summed E-state index contributed by atoms with van der Waals surface area (Å²) in [5, 5.41) is 18.3. The van der Waals surface area contributed by atoms with Crippen molar-refractivity contribution in [3.8, 4) is 5.75 Å². The molecule has 2 N–H and O–H groups in total. The van der Waals surface area contributed by atoms with Crippen LogP contribution in [-0.4, -0.2) is 48.3 Å². The molecule has 5 heteroatoms. The van der Waals surface area contributed by atoms with Crippen LogP contribution in [0.5, 0.6) is 5.75 Å². The molecule has 1 aliphatic carbocycles. The van der Waals surface area contributed by atoms with Crippen molar-refractivity contribution in [3.63, 3.8) is 0 Å². The fourth-order valence-electron chi connectivity index (χ4n) is 3.19. The lowest BCUT2D eigenvalue weighted by atomic mass is 9.80. The summed E-state index contributed by atoms with van der Waals surface area (Å²) in [5.74, 6) is 1.45. The van der Waals surface area contributed by atoms with Gasteiger partial charge in [-0.3, -0.25) is 4.90 Å². The predicted octanol–water partition coefficient (Wildman–Crippen LogP) is 1.26. The van der Waals surface area contributed by atoms with Crippen molar-refractivity contribution in [2.24, 2.45) is 5.92 Å².